The molecule has 0 saturated heterocycles. The number of carbonyl (C=O) groups is 1. The minimum atomic E-state index is -1.12. The molecule has 4 rings (SSSR count). The van der Waals surface area contributed by atoms with Crippen molar-refractivity contribution in [3.8, 4) is 0 Å². The van der Waals surface area contributed by atoms with Crippen LogP contribution in [0.3, 0.4) is 0 Å². The largest absolute Gasteiger partial charge is 0.393 e. The maximum Gasteiger partial charge on any atom is 0.165 e. The minimum Gasteiger partial charge on any atom is -0.393 e. The number of aliphatic hydroxyl groups excluding tert-OH is 2. The van der Waals surface area contributed by atoms with Gasteiger partial charge in [-0.3, -0.25) is 4.79 Å². The maximum absolute atomic E-state index is 13.3. The number of aliphatic hydroxyl groups is 3. The van der Waals surface area contributed by atoms with Crippen LogP contribution in [0.4, 0.5) is 0 Å². The van der Waals surface area contributed by atoms with Crippen molar-refractivity contribution < 1.29 is 20.1 Å². The number of hydrogen-bond acceptors (Lipinski definition) is 4. The first kappa shape index (κ1) is 17.0. The van der Waals surface area contributed by atoms with Gasteiger partial charge in [-0.25, -0.2) is 0 Å². The van der Waals surface area contributed by atoms with E-state index in [0.29, 0.717) is 12.8 Å². The van der Waals surface area contributed by atoms with Gasteiger partial charge in [0.05, 0.1) is 12.2 Å². The van der Waals surface area contributed by atoms with Crippen molar-refractivity contribution in [2.24, 2.45) is 34.0 Å². The van der Waals surface area contributed by atoms with Crippen molar-refractivity contribution in [3.63, 3.8) is 0 Å². The van der Waals surface area contributed by atoms with Crippen LogP contribution < -0.4 is 0 Å². The first-order valence-corrected chi connectivity index (χ1v) is 9.66. The highest BCUT2D eigenvalue weighted by atomic mass is 16.3. The van der Waals surface area contributed by atoms with Gasteiger partial charge < -0.3 is 15.3 Å². The van der Waals surface area contributed by atoms with Crippen molar-refractivity contribution in [2.75, 3.05) is 6.61 Å². The Morgan fingerprint density at radius 3 is 2.54 bits per heavy atom. The average Bonchev–Trinajstić information content (AvgIpc) is 2.73. The monoisotopic (exact) mass is 336 g/mol. The second-order valence-corrected chi connectivity index (χ2v) is 10.3. The quantitative estimate of drug-likeness (QED) is 0.686. The van der Waals surface area contributed by atoms with Crippen LogP contribution in [0.2, 0.25) is 0 Å². The van der Waals surface area contributed by atoms with Gasteiger partial charge in [0.15, 0.2) is 5.78 Å². The van der Waals surface area contributed by atoms with Gasteiger partial charge in [-0.15, -0.1) is 0 Å². The smallest absolute Gasteiger partial charge is 0.165 e. The first-order valence-electron chi connectivity index (χ1n) is 9.66. The van der Waals surface area contributed by atoms with Crippen LogP contribution in [0, 0.1) is 34.0 Å². The molecule has 0 aromatic rings. The zero-order chi connectivity index (χ0) is 17.5. The Hall–Kier alpha value is -0.450. The highest BCUT2D eigenvalue weighted by molar-refractivity contribution is 5.89. The molecule has 2 bridgehead atoms. The Balaban J connectivity index is 1.83. The van der Waals surface area contributed by atoms with Crippen LogP contribution in [0.25, 0.3) is 0 Å². The molecule has 0 aromatic carbocycles. The molecule has 3 N–H and O–H groups in total. The molecular weight excluding hydrogens is 304 g/mol. The zero-order valence-electron chi connectivity index (χ0n) is 15.2. The van der Waals surface area contributed by atoms with Crippen molar-refractivity contribution in [2.45, 2.75) is 77.4 Å². The summed E-state index contributed by atoms with van der Waals surface area (Å²) in [6.45, 7) is 6.37. The predicted octanol–water partition coefficient (Wildman–Crippen LogP) is 2.29. The minimum absolute atomic E-state index is 0.00119. The van der Waals surface area contributed by atoms with Crippen LogP contribution in [0.15, 0.2) is 0 Å². The summed E-state index contributed by atoms with van der Waals surface area (Å²) in [5.74, 6) is 0.182. The summed E-state index contributed by atoms with van der Waals surface area (Å²) >= 11 is 0. The lowest BCUT2D eigenvalue weighted by molar-refractivity contribution is -0.198. The van der Waals surface area contributed by atoms with E-state index in [2.05, 4.69) is 20.8 Å². The molecule has 0 aliphatic heterocycles. The Labute approximate surface area is 144 Å². The van der Waals surface area contributed by atoms with E-state index in [4.69, 9.17) is 0 Å². The summed E-state index contributed by atoms with van der Waals surface area (Å²) in [6, 6.07) is 0. The summed E-state index contributed by atoms with van der Waals surface area (Å²) in [6.07, 6.45) is 5.13. The van der Waals surface area contributed by atoms with E-state index in [9.17, 15) is 20.1 Å². The molecular formula is C20H32O4. The fourth-order valence-electron chi connectivity index (χ4n) is 7.93. The molecule has 4 aliphatic rings. The van der Waals surface area contributed by atoms with E-state index >= 15 is 0 Å². The topological polar surface area (TPSA) is 77.8 Å². The second kappa shape index (κ2) is 4.83. The number of ketones is 1. The highest BCUT2D eigenvalue weighted by Gasteiger charge is 2.72. The second-order valence-electron chi connectivity index (χ2n) is 10.3. The standard InChI is InChI=1S/C20H32O4/c1-17(2)7-4-8-18(3)13-6-5-12-9-19(13,10-20(12,24)11-21)16(23)14(22)15(17)18/h12-13,15-16,21,23-24H,4-11H2,1-3H3/t12-,13-,15+,16-,18-,19+,20-/m0/s1. The molecule has 0 heterocycles. The van der Waals surface area contributed by atoms with Crippen molar-refractivity contribution in [3.05, 3.63) is 0 Å². The maximum atomic E-state index is 13.3. The number of rotatable bonds is 1. The summed E-state index contributed by atoms with van der Waals surface area (Å²) in [4.78, 5) is 13.3. The molecule has 1 spiro atoms. The lowest BCUT2D eigenvalue weighted by Crippen LogP contribution is -2.65. The Bertz CT molecular complexity index is 572. The molecule has 4 nitrogen and oxygen atoms in total. The van der Waals surface area contributed by atoms with Gasteiger partial charge in [0.1, 0.15) is 6.10 Å². The third-order valence-electron chi connectivity index (χ3n) is 8.67. The molecule has 4 heteroatoms. The number of carbonyl (C=O) groups excluding carboxylic acids is 1. The third-order valence-corrected chi connectivity index (χ3v) is 8.67. The zero-order valence-corrected chi connectivity index (χ0v) is 15.2. The van der Waals surface area contributed by atoms with E-state index in [1.165, 1.54) is 0 Å². The van der Waals surface area contributed by atoms with Gasteiger partial charge in [0.25, 0.3) is 0 Å². The van der Waals surface area contributed by atoms with E-state index in [1.807, 2.05) is 0 Å². The van der Waals surface area contributed by atoms with Gasteiger partial charge in [0, 0.05) is 11.3 Å². The van der Waals surface area contributed by atoms with Gasteiger partial charge >= 0.3 is 0 Å². The van der Waals surface area contributed by atoms with E-state index in [1.54, 1.807) is 0 Å². The van der Waals surface area contributed by atoms with E-state index in [0.717, 1.165) is 32.1 Å². The number of hydrogen-bond donors (Lipinski definition) is 3. The summed E-state index contributed by atoms with van der Waals surface area (Å²) in [5.41, 5.74) is -1.82. The average molecular weight is 336 g/mol. The number of fused-ring (bicyclic) bond motifs is 3. The van der Waals surface area contributed by atoms with Gasteiger partial charge in [-0.2, -0.15) is 0 Å². The van der Waals surface area contributed by atoms with Crippen LogP contribution in [0.1, 0.15) is 65.7 Å². The fraction of sp³-hybridized carbons (Fsp3) is 0.950. The summed E-state index contributed by atoms with van der Waals surface area (Å²) in [7, 11) is 0. The summed E-state index contributed by atoms with van der Waals surface area (Å²) < 4.78 is 0. The van der Waals surface area contributed by atoms with Crippen LogP contribution in [-0.2, 0) is 4.79 Å². The molecule has 0 radical (unpaired) electrons. The normalized spacial score (nSPS) is 55.8. The molecule has 4 aliphatic carbocycles. The Morgan fingerprint density at radius 1 is 1.17 bits per heavy atom. The molecule has 4 fully saturated rings. The molecule has 0 amide bonds. The lowest BCUT2D eigenvalue weighted by Gasteiger charge is -2.64. The lowest BCUT2D eigenvalue weighted by atomic mass is 9.40. The molecule has 4 saturated carbocycles. The first-order chi connectivity index (χ1) is 11.1. The molecule has 0 unspecified atom stereocenters. The fourth-order valence-corrected chi connectivity index (χ4v) is 7.93. The van der Waals surface area contributed by atoms with Crippen LogP contribution >= 0.6 is 0 Å². The Morgan fingerprint density at radius 2 is 1.88 bits per heavy atom. The summed E-state index contributed by atoms with van der Waals surface area (Å²) in [5, 5.41) is 31.8. The van der Waals surface area contributed by atoms with Crippen molar-refractivity contribution in [1.82, 2.24) is 0 Å². The van der Waals surface area contributed by atoms with Gasteiger partial charge in [0.2, 0.25) is 0 Å². The number of Topliss-reactive ketones (excluding diaryl/α,β-unsaturated/α-hetero) is 1. The predicted molar refractivity (Wildman–Crippen MR) is 90.2 cm³/mol. The molecule has 7 atom stereocenters. The van der Waals surface area contributed by atoms with Gasteiger partial charge in [-0.05, 0) is 61.2 Å². The van der Waals surface area contributed by atoms with Crippen LogP contribution in [-0.4, -0.2) is 39.4 Å². The van der Waals surface area contributed by atoms with Crippen molar-refractivity contribution in [1.29, 1.82) is 0 Å². The van der Waals surface area contributed by atoms with Gasteiger partial charge in [-0.1, -0.05) is 27.2 Å². The van der Waals surface area contributed by atoms with E-state index in [-0.39, 0.29) is 41.0 Å². The SMILES string of the molecule is CC1(C)CCC[C@]2(C)[C@@H]1C(=O)[C@H](O)[C@@]13C[C@H](CC[C@@H]21)[C@@](O)(CO)C3. The van der Waals surface area contributed by atoms with Crippen LogP contribution in [0.5, 0.6) is 0 Å². The van der Waals surface area contributed by atoms with E-state index < -0.39 is 17.1 Å². The molecule has 136 valence electrons. The molecule has 0 aromatic heterocycles. The third kappa shape index (κ3) is 1.83. The van der Waals surface area contributed by atoms with Crippen molar-refractivity contribution >= 4 is 5.78 Å². The highest BCUT2D eigenvalue weighted by Crippen LogP contribution is 2.71. The Kier molecular flexibility index (Phi) is 3.42. The molecule has 24 heavy (non-hydrogen) atoms.